The highest BCUT2D eigenvalue weighted by molar-refractivity contribution is 9.09. The fourth-order valence-corrected chi connectivity index (χ4v) is 2.55. The topological polar surface area (TPSA) is 59.3 Å². The molecule has 0 aliphatic heterocycles. The number of nitrogens with zero attached hydrogens (tertiary/aromatic N) is 1. The van der Waals surface area contributed by atoms with Crippen molar-refractivity contribution < 1.29 is 14.3 Å². The van der Waals surface area contributed by atoms with Crippen molar-refractivity contribution in [3.05, 3.63) is 53.1 Å². The Morgan fingerprint density at radius 3 is 1.96 bits per heavy atom. The van der Waals surface area contributed by atoms with Crippen LogP contribution in [0, 0.1) is 25.2 Å². The van der Waals surface area contributed by atoms with Crippen molar-refractivity contribution in [1.82, 2.24) is 0 Å². The van der Waals surface area contributed by atoms with Gasteiger partial charge in [-0.3, -0.25) is 4.79 Å². The molecule has 2 aromatic carbocycles. The van der Waals surface area contributed by atoms with Crippen LogP contribution in [0.4, 0.5) is 0 Å². The van der Waals surface area contributed by atoms with Gasteiger partial charge in [0.1, 0.15) is 17.2 Å². The summed E-state index contributed by atoms with van der Waals surface area (Å²) in [6.45, 7) is 5.27. The van der Waals surface area contributed by atoms with E-state index in [0.29, 0.717) is 5.33 Å². The first-order valence-electron chi connectivity index (χ1n) is 7.30. The molecule has 24 heavy (non-hydrogen) atoms. The summed E-state index contributed by atoms with van der Waals surface area (Å²) in [5.41, 5.74) is 2.60. The Labute approximate surface area is 151 Å². The summed E-state index contributed by atoms with van der Waals surface area (Å²) in [6, 6.07) is 12.9. The van der Waals surface area contributed by atoms with Crippen molar-refractivity contribution in [3.8, 4) is 23.3 Å². The van der Waals surface area contributed by atoms with Crippen molar-refractivity contribution in [2.75, 3.05) is 12.4 Å². The van der Waals surface area contributed by atoms with Crippen LogP contribution in [0.2, 0.25) is 0 Å². The van der Waals surface area contributed by atoms with Crippen molar-refractivity contribution in [3.63, 3.8) is 0 Å². The Morgan fingerprint density at radius 2 is 1.54 bits per heavy atom. The minimum Gasteiger partial charge on any atom is -0.497 e. The zero-order chi connectivity index (χ0) is 18.1. The molecule has 0 unspecified atom stereocenters. The minimum atomic E-state index is 0.0843. The van der Waals surface area contributed by atoms with Crippen LogP contribution in [-0.4, -0.2) is 18.2 Å². The predicted octanol–water partition coefficient (Wildman–Crippen LogP) is 5.21. The maximum absolute atomic E-state index is 11.9. The summed E-state index contributed by atoms with van der Waals surface area (Å²) in [5.74, 6) is 2.32. The number of hydrogen-bond donors (Lipinski definition) is 0. The van der Waals surface area contributed by atoms with Gasteiger partial charge in [-0.15, -0.1) is 0 Å². The molecule has 0 amide bonds. The maximum Gasteiger partial charge on any atom is 0.173 e. The van der Waals surface area contributed by atoms with Crippen molar-refractivity contribution in [1.29, 1.82) is 5.26 Å². The quantitative estimate of drug-likeness (QED) is 0.519. The summed E-state index contributed by atoms with van der Waals surface area (Å²) in [5, 5.41) is 7.65. The van der Waals surface area contributed by atoms with Gasteiger partial charge in [0.05, 0.1) is 18.5 Å². The molecule has 0 saturated carbocycles. The third kappa shape index (κ3) is 5.39. The first-order valence-corrected chi connectivity index (χ1v) is 8.42. The van der Waals surface area contributed by atoms with Crippen molar-refractivity contribution in [2.24, 2.45) is 0 Å². The molecule has 5 heteroatoms. The fourth-order valence-electron chi connectivity index (χ4n) is 2.27. The molecule has 0 N–H and O–H groups in total. The highest BCUT2D eigenvalue weighted by Gasteiger charge is 2.13. The number of halogens is 1. The molecule has 0 aliphatic rings. The molecule has 0 saturated heterocycles. The number of rotatable bonds is 5. The van der Waals surface area contributed by atoms with E-state index in [4.69, 9.17) is 14.7 Å². The number of ether oxygens (including phenoxy) is 2. The van der Waals surface area contributed by atoms with E-state index in [0.717, 1.165) is 33.9 Å². The number of Topliss-reactive ketones (excluding diaryl/α,β-unsaturated/α-hetero) is 1. The van der Waals surface area contributed by atoms with E-state index in [-0.39, 0.29) is 5.78 Å². The molecular formula is C19H20BrNO3. The first kappa shape index (κ1) is 19.7. The summed E-state index contributed by atoms with van der Waals surface area (Å²) < 4.78 is 10.9. The van der Waals surface area contributed by atoms with E-state index in [1.807, 2.05) is 50.2 Å². The Hall–Kier alpha value is -2.32. The molecule has 0 radical (unpaired) electrons. The Kier molecular flexibility index (Phi) is 8.00. The number of hydrogen-bond acceptors (Lipinski definition) is 4. The van der Waals surface area contributed by atoms with Crippen LogP contribution in [0.25, 0.3) is 0 Å². The maximum atomic E-state index is 11.9. The largest absolute Gasteiger partial charge is 0.497 e. The van der Waals surface area contributed by atoms with Gasteiger partial charge >= 0.3 is 0 Å². The number of aryl methyl sites for hydroxylation is 2. The Balaban J connectivity index is 0.000000891. The van der Waals surface area contributed by atoms with E-state index in [9.17, 15) is 4.79 Å². The predicted molar refractivity (Wildman–Crippen MR) is 98.4 cm³/mol. The Bertz CT molecular complexity index is 710. The van der Waals surface area contributed by atoms with Gasteiger partial charge in [0.25, 0.3) is 0 Å². The summed E-state index contributed by atoms with van der Waals surface area (Å²) in [6.07, 6.45) is 0. The minimum absolute atomic E-state index is 0.0843. The SMILES string of the molecule is CC#N.COc1ccc(Oc2cc(C)c(C(=O)CBr)c(C)c2)cc1. The van der Waals surface area contributed by atoms with E-state index >= 15 is 0 Å². The molecule has 126 valence electrons. The highest BCUT2D eigenvalue weighted by Crippen LogP contribution is 2.28. The monoisotopic (exact) mass is 389 g/mol. The lowest BCUT2D eigenvalue weighted by Gasteiger charge is -2.12. The number of alkyl halides is 1. The molecule has 0 spiro atoms. The molecule has 2 rings (SSSR count). The third-order valence-corrected chi connectivity index (χ3v) is 3.71. The standard InChI is InChI=1S/C17H17BrO3.C2H3N/c1-11-8-15(9-12(2)17(11)16(19)10-18)21-14-6-4-13(20-3)5-7-14;1-2-3/h4-9H,10H2,1-3H3;1H3. The van der Waals surface area contributed by atoms with Gasteiger partial charge in [-0.25, -0.2) is 0 Å². The molecule has 0 fully saturated rings. The number of carbonyl (C=O) groups is 1. The van der Waals surface area contributed by atoms with Gasteiger partial charge < -0.3 is 9.47 Å². The number of methoxy groups -OCH3 is 1. The molecular weight excluding hydrogens is 370 g/mol. The first-order chi connectivity index (χ1) is 11.5. The average molecular weight is 390 g/mol. The average Bonchev–Trinajstić information content (AvgIpc) is 2.55. The molecule has 0 heterocycles. The van der Waals surface area contributed by atoms with Crippen LogP contribution < -0.4 is 9.47 Å². The van der Waals surface area contributed by atoms with Crippen LogP contribution >= 0.6 is 15.9 Å². The van der Waals surface area contributed by atoms with E-state index in [2.05, 4.69) is 15.9 Å². The van der Waals surface area contributed by atoms with Gasteiger partial charge in [-0.2, -0.15) is 5.26 Å². The lowest BCUT2D eigenvalue weighted by molar-refractivity contribution is 0.102. The smallest absolute Gasteiger partial charge is 0.173 e. The molecule has 2 aromatic rings. The van der Waals surface area contributed by atoms with Crippen LogP contribution in [0.15, 0.2) is 36.4 Å². The number of nitriles is 1. The molecule has 0 aliphatic carbocycles. The van der Waals surface area contributed by atoms with Gasteiger partial charge in [-0.05, 0) is 61.4 Å². The molecule has 0 aromatic heterocycles. The van der Waals surface area contributed by atoms with Crippen molar-refractivity contribution >= 4 is 21.7 Å². The molecule has 4 nitrogen and oxygen atoms in total. The van der Waals surface area contributed by atoms with Crippen LogP contribution in [0.1, 0.15) is 28.4 Å². The third-order valence-electron chi connectivity index (χ3n) is 3.20. The summed E-state index contributed by atoms with van der Waals surface area (Å²) in [4.78, 5) is 11.9. The van der Waals surface area contributed by atoms with Gasteiger partial charge in [0, 0.05) is 12.5 Å². The number of ketones is 1. The highest BCUT2D eigenvalue weighted by atomic mass is 79.9. The number of benzene rings is 2. The van der Waals surface area contributed by atoms with E-state index < -0.39 is 0 Å². The lowest BCUT2D eigenvalue weighted by Crippen LogP contribution is -2.05. The molecule has 0 bridgehead atoms. The van der Waals surface area contributed by atoms with Crippen LogP contribution in [0.3, 0.4) is 0 Å². The van der Waals surface area contributed by atoms with E-state index in [1.54, 1.807) is 13.2 Å². The second-order valence-electron chi connectivity index (χ2n) is 4.99. The van der Waals surface area contributed by atoms with E-state index in [1.165, 1.54) is 6.92 Å². The Morgan fingerprint density at radius 1 is 1.08 bits per heavy atom. The summed E-state index contributed by atoms with van der Waals surface area (Å²) in [7, 11) is 1.63. The summed E-state index contributed by atoms with van der Waals surface area (Å²) >= 11 is 3.21. The molecule has 0 atom stereocenters. The fraction of sp³-hybridized carbons (Fsp3) is 0.263. The normalized spacial score (nSPS) is 9.33. The van der Waals surface area contributed by atoms with Crippen molar-refractivity contribution in [2.45, 2.75) is 20.8 Å². The second kappa shape index (κ2) is 9.74. The van der Waals surface area contributed by atoms with Gasteiger partial charge in [-0.1, -0.05) is 15.9 Å². The van der Waals surface area contributed by atoms with Gasteiger partial charge in [0.15, 0.2) is 5.78 Å². The number of carbonyl (C=O) groups excluding carboxylic acids is 1. The zero-order valence-corrected chi connectivity index (χ0v) is 15.8. The van der Waals surface area contributed by atoms with Crippen LogP contribution in [0.5, 0.6) is 17.2 Å². The zero-order valence-electron chi connectivity index (χ0n) is 14.2. The van der Waals surface area contributed by atoms with Crippen LogP contribution in [-0.2, 0) is 0 Å². The lowest BCUT2D eigenvalue weighted by atomic mass is 9.99. The second-order valence-corrected chi connectivity index (χ2v) is 5.55. The van der Waals surface area contributed by atoms with Gasteiger partial charge in [0.2, 0.25) is 0 Å².